The van der Waals surface area contributed by atoms with Crippen LogP contribution in [0, 0.1) is 5.41 Å². The molecule has 0 radical (unpaired) electrons. The molecule has 0 saturated carbocycles. The fourth-order valence-electron chi connectivity index (χ4n) is 1.88. The van der Waals surface area contributed by atoms with Crippen LogP contribution in [-0.4, -0.2) is 44.0 Å². The number of carbonyl (C=O) groups excluding carboxylic acids is 1. The Bertz CT molecular complexity index is 474. The van der Waals surface area contributed by atoms with E-state index in [1.807, 2.05) is 27.8 Å². The molecule has 126 valence electrons. The first kappa shape index (κ1) is 21.2. The van der Waals surface area contributed by atoms with Crippen molar-refractivity contribution < 1.29 is 4.79 Å². The first-order chi connectivity index (χ1) is 9.90. The number of thiophene rings is 1. The van der Waals surface area contributed by atoms with Crippen molar-refractivity contribution in [2.45, 2.75) is 27.3 Å². The molecule has 1 rings (SSSR count). The summed E-state index contributed by atoms with van der Waals surface area (Å²) in [6.07, 6.45) is 0. The van der Waals surface area contributed by atoms with Crippen LogP contribution in [0.25, 0.3) is 0 Å². The quantitative estimate of drug-likeness (QED) is 0.408. The molecule has 22 heavy (non-hydrogen) atoms. The van der Waals surface area contributed by atoms with E-state index in [9.17, 15) is 4.79 Å². The molecular weight excluding hydrogens is 411 g/mol. The van der Waals surface area contributed by atoms with E-state index in [-0.39, 0.29) is 29.9 Å². The van der Waals surface area contributed by atoms with Crippen molar-refractivity contribution in [1.29, 1.82) is 0 Å². The highest BCUT2D eigenvalue weighted by Crippen LogP contribution is 2.16. The van der Waals surface area contributed by atoms with E-state index in [0.717, 1.165) is 19.0 Å². The van der Waals surface area contributed by atoms with Gasteiger partial charge in [0.05, 0.1) is 12.0 Å². The SMILES string of the molecule is CCNC(=NCC(C)(C)C(=O)NC)N(C)Cc1ccsc1.I. The topological polar surface area (TPSA) is 56.7 Å². The number of nitrogens with zero attached hydrogens (tertiary/aromatic N) is 2. The summed E-state index contributed by atoms with van der Waals surface area (Å²) >= 11 is 1.69. The third-order valence-corrected chi connectivity index (χ3v) is 3.89. The molecule has 0 aromatic carbocycles. The van der Waals surface area contributed by atoms with E-state index in [4.69, 9.17) is 0 Å². The van der Waals surface area contributed by atoms with Gasteiger partial charge in [-0.05, 0) is 43.2 Å². The van der Waals surface area contributed by atoms with Crippen molar-refractivity contribution >= 4 is 47.2 Å². The average Bonchev–Trinajstić information content (AvgIpc) is 2.95. The number of rotatable bonds is 6. The van der Waals surface area contributed by atoms with Crippen LogP contribution < -0.4 is 10.6 Å². The Balaban J connectivity index is 0.00000441. The van der Waals surface area contributed by atoms with Gasteiger partial charge < -0.3 is 15.5 Å². The highest BCUT2D eigenvalue weighted by atomic mass is 127. The van der Waals surface area contributed by atoms with Gasteiger partial charge in [0, 0.05) is 27.2 Å². The third-order valence-electron chi connectivity index (χ3n) is 3.16. The molecule has 0 aliphatic rings. The Morgan fingerprint density at radius 1 is 1.45 bits per heavy atom. The predicted octanol–water partition coefficient (Wildman–Crippen LogP) is 2.54. The van der Waals surface area contributed by atoms with Gasteiger partial charge in [0.15, 0.2) is 5.96 Å². The molecule has 1 amide bonds. The fourth-order valence-corrected chi connectivity index (χ4v) is 2.54. The molecule has 0 saturated heterocycles. The normalized spacial score (nSPS) is 11.6. The summed E-state index contributed by atoms with van der Waals surface area (Å²) in [7, 11) is 3.66. The minimum absolute atomic E-state index is 0. The molecule has 1 aromatic rings. The van der Waals surface area contributed by atoms with Crippen molar-refractivity contribution in [3.8, 4) is 0 Å². The van der Waals surface area contributed by atoms with Crippen LogP contribution in [0.4, 0.5) is 0 Å². The number of carbonyl (C=O) groups is 1. The van der Waals surface area contributed by atoms with Crippen LogP contribution in [0.2, 0.25) is 0 Å². The minimum Gasteiger partial charge on any atom is -0.359 e. The maximum Gasteiger partial charge on any atom is 0.227 e. The molecule has 0 bridgehead atoms. The van der Waals surface area contributed by atoms with E-state index >= 15 is 0 Å². The van der Waals surface area contributed by atoms with Crippen LogP contribution in [0.15, 0.2) is 21.8 Å². The van der Waals surface area contributed by atoms with Crippen LogP contribution in [0.3, 0.4) is 0 Å². The number of halogens is 1. The zero-order valence-corrected chi connectivity index (χ0v) is 17.1. The van der Waals surface area contributed by atoms with Gasteiger partial charge in [-0.15, -0.1) is 24.0 Å². The maximum absolute atomic E-state index is 11.8. The molecule has 0 spiro atoms. The summed E-state index contributed by atoms with van der Waals surface area (Å²) in [6, 6.07) is 2.11. The molecule has 1 heterocycles. The van der Waals surface area contributed by atoms with Crippen LogP contribution in [0.1, 0.15) is 26.3 Å². The maximum atomic E-state index is 11.8. The van der Waals surface area contributed by atoms with Gasteiger partial charge in [-0.1, -0.05) is 0 Å². The second kappa shape index (κ2) is 10.0. The second-order valence-corrected chi connectivity index (χ2v) is 6.40. The van der Waals surface area contributed by atoms with Crippen molar-refractivity contribution in [1.82, 2.24) is 15.5 Å². The standard InChI is InChI=1S/C15H26N4OS.HI/c1-6-17-14(18-11-15(2,3)13(20)16-4)19(5)9-12-7-8-21-10-12;/h7-8,10H,6,9,11H2,1-5H3,(H,16,20)(H,17,18);1H. The Kier molecular flexibility index (Phi) is 9.66. The Labute approximate surface area is 154 Å². The Hall–Kier alpha value is -0.830. The molecule has 1 aromatic heterocycles. The summed E-state index contributed by atoms with van der Waals surface area (Å²) < 4.78 is 0. The van der Waals surface area contributed by atoms with Gasteiger partial charge in [-0.2, -0.15) is 11.3 Å². The molecule has 2 N–H and O–H groups in total. The monoisotopic (exact) mass is 438 g/mol. The van der Waals surface area contributed by atoms with Gasteiger partial charge >= 0.3 is 0 Å². The molecule has 0 unspecified atom stereocenters. The lowest BCUT2D eigenvalue weighted by Crippen LogP contribution is -2.41. The van der Waals surface area contributed by atoms with E-state index in [2.05, 4.69) is 37.4 Å². The zero-order chi connectivity index (χ0) is 15.9. The van der Waals surface area contributed by atoms with E-state index in [1.54, 1.807) is 18.4 Å². The number of hydrogen-bond acceptors (Lipinski definition) is 3. The number of hydrogen-bond donors (Lipinski definition) is 2. The lowest BCUT2D eigenvalue weighted by atomic mass is 9.93. The van der Waals surface area contributed by atoms with E-state index in [0.29, 0.717) is 6.54 Å². The predicted molar refractivity (Wildman–Crippen MR) is 105 cm³/mol. The number of guanidine groups is 1. The summed E-state index contributed by atoms with van der Waals surface area (Å²) in [5.41, 5.74) is 0.747. The summed E-state index contributed by atoms with van der Waals surface area (Å²) in [5, 5.41) is 10.2. The van der Waals surface area contributed by atoms with Crippen LogP contribution in [0.5, 0.6) is 0 Å². The second-order valence-electron chi connectivity index (χ2n) is 5.62. The average molecular weight is 438 g/mol. The smallest absolute Gasteiger partial charge is 0.227 e. The van der Waals surface area contributed by atoms with E-state index < -0.39 is 5.41 Å². The van der Waals surface area contributed by atoms with E-state index in [1.165, 1.54) is 5.56 Å². The Morgan fingerprint density at radius 2 is 2.14 bits per heavy atom. The van der Waals surface area contributed by atoms with Crippen LogP contribution in [-0.2, 0) is 11.3 Å². The molecule has 7 heteroatoms. The van der Waals surface area contributed by atoms with Crippen LogP contribution >= 0.6 is 35.3 Å². The number of nitrogens with one attached hydrogen (secondary N) is 2. The fraction of sp³-hybridized carbons (Fsp3) is 0.600. The van der Waals surface area contributed by atoms with Crippen molar-refractivity contribution in [2.75, 3.05) is 27.2 Å². The molecule has 0 aliphatic carbocycles. The molecular formula is C15H27IN4OS. The summed E-state index contributed by atoms with van der Waals surface area (Å²) in [6.45, 7) is 7.89. The van der Waals surface area contributed by atoms with Gasteiger partial charge in [-0.25, -0.2) is 0 Å². The van der Waals surface area contributed by atoms with Gasteiger partial charge in [-0.3, -0.25) is 9.79 Å². The zero-order valence-electron chi connectivity index (χ0n) is 14.0. The number of aliphatic imine (C=N–C) groups is 1. The first-order valence-electron chi connectivity index (χ1n) is 7.13. The number of amides is 1. The van der Waals surface area contributed by atoms with Crippen molar-refractivity contribution in [3.05, 3.63) is 22.4 Å². The lowest BCUT2D eigenvalue weighted by Gasteiger charge is -2.25. The van der Waals surface area contributed by atoms with Gasteiger partial charge in [0.25, 0.3) is 0 Å². The van der Waals surface area contributed by atoms with Crippen molar-refractivity contribution in [2.24, 2.45) is 10.4 Å². The van der Waals surface area contributed by atoms with Gasteiger partial charge in [0.2, 0.25) is 5.91 Å². The molecule has 0 atom stereocenters. The minimum atomic E-state index is -0.515. The highest BCUT2D eigenvalue weighted by molar-refractivity contribution is 14.0. The Morgan fingerprint density at radius 3 is 2.64 bits per heavy atom. The van der Waals surface area contributed by atoms with Crippen molar-refractivity contribution in [3.63, 3.8) is 0 Å². The first-order valence-corrected chi connectivity index (χ1v) is 8.07. The molecule has 5 nitrogen and oxygen atoms in total. The van der Waals surface area contributed by atoms with Gasteiger partial charge in [0.1, 0.15) is 0 Å². The molecule has 0 aliphatic heterocycles. The summed E-state index contributed by atoms with van der Waals surface area (Å²) in [5.74, 6) is 0.822. The third kappa shape index (κ3) is 6.51. The summed E-state index contributed by atoms with van der Waals surface area (Å²) in [4.78, 5) is 18.5. The highest BCUT2D eigenvalue weighted by Gasteiger charge is 2.26. The molecule has 0 fully saturated rings. The largest absolute Gasteiger partial charge is 0.359 e. The lowest BCUT2D eigenvalue weighted by molar-refractivity contribution is -0.128.